The molecule has 0 unspecified atom stereocenters. The molecule has 0 saturated carbocycles. The van der Waals surface area contributed by atoms with E-state index in [0.29, 0.717) is 34.6 Å². The third kappa shape index (κ3) is 4.01. The smallest absolute Gasteiger partial charge is 0.145 e. The van der Waals surface area contributed by atoms with E-state index in [-0.39, 0.29) is 0 Å². The summed E-state index contributed by atoms with van der Waals surface area (Å²) in [5.41, 5.74) is 2.79. The molecule has 5 nitrogen and oxygen atoms in total. The summed E-state index contributed by atoms with van der Waals surface area (Å²) in [6, 6.07) is 17.0. The van der Waals surface area contributed by atoms with E-state index < -0.39 is 6.10 Å². The molecule has 2 N–H and O–H groups in total. The molecule has 0 saturated heterocycles. The molecule has 156 valence electrons. The Morgan fingerprint density at radius 1 is 0.900 bits per heavy atom. The number of fused-ring (bicyclic) bond motifs is 3. The van der Waals surface area contributed by atoms with Crippen LogP contribution in [0.25, 0.3) is 21.8 Å². The summed E-state index contributed by atoms with van der Waals surface area (Å²) in [5.74, 6) is 1.36. The fraction of sp³-hybridized carbons (Fsp3) is 0.217. The lowest BCUT2D eigenvalue weighted by molar-refractivity contribution is 0.169. The van der Waals surface area contributed by atoms with E-state index in [1.807, 2.05) is 48.5 Å². The summed E-state index contributed by atoms with van der Waals surface area (Å²) < 4.78 is 12.7. The molecular weight excluding hydrogens is 423 g/mol. The molecule has 1 heterocycles. The zero-order valence-corrected chi connectivity index (χ0v) is 18.2. The van der Waals surface area contributed by atoms with Gasteiger partial charge in [0.1, 0.15) is 11.5 Å². The van der Waals surface area contributed by atoms with Gasteiger partial charge in [0.15, 0.2) is 0 Å². The van der Waals surface area contributed by atoms with Crippen LogP contribution in [0.2, 0.25) is 10.0 Å². The first-order valence-corrected chi connectivity index (χ1v) is 10.3. The van der Waals surface area contributed by atoms with Crippen LogP contribution < -0.4 is 14.8 Å². The van der Waals surface area contributed by atoms with Crippen molar-refractivity contribution in [2.24, 2.45) is 0 Å². The molecule has 0 radical (unpaired) electrons. The molecular formula is C23H22Cl2N2O3. The molecule has 4 aromatic rings. The SMILES string of the molecule is COc1ccc(NC[C@H](O)Cn2c3ccc(Cl)cc3c3cc(Cl)ccc32)c(OC)c1. The minimum Gasteiger partial charge on any atom is -0.497 e. The maximum atomic E-state index is 10.8. The summed E-state index contributed by atoms with van der Waals surface area (Å²) in [4.78, 5) is 0. The van der Waals surface area contributed by atoms with E-state index in [9.17, 15) is 5.11 Å². The Bertz CT molecular complexity index is 1150. The lowest BCUT2D eigenvalue weighted by Gasteiger charge is -2.17. The summed E-state index contributed by atoms with van der Waals surface area (Å²) >= 11 is 12.4. The number of rotatable bonds is 7. The van der Waals surface area contributed by atoms with E-state index >= 15 is 0 Å². The highest BCUT2D eigenvalue weighted by Crippen LogP contribution is 2.33. The van der Waals surface area contributed by atoms with Gasteiger partial charge in [0, 0.05) is 44.5 Å². The van der Waals surface area contributed by atoms with Crippen molar-refractivity contribution < 1.29 is 14.6 Å². The second-order valence-electron chi connectivity index (χ2n) is 7.03. The third-order valence-electron chi connectivity index (χ3n) is 5.12. The van der Waals surface area contributed by atoms with Crippen molar-refractivity contribution in [2.45, 2.75) is 12.6 Å². The zero-order valence-electron chi connectivity index (χ0n) is 16.7. The van der Waals surface area contributed by atoms with Crippen LogP contribution >= 0.6 is 23.2 Å². The Hall–Kier alpha value is -2.60. The number of aliphatic hydroxyl groups is 1. The second kappa shape index (κ2) is 8.64. The Morgan fingerprint density at radius 2 is 1.53 bits per heavy atom. The molecule has 4 rings (SSSR count). The average Bonchev–Trinajstić information content (AvgIpc) is 3.04. The quantitative estimate of drug-likeness (QED) is 0.389. The molecule has 30 heavy (non-hydrogen) atoms. The number of hydrogen-bond acceptors (Lipinski definition) is 4. The highest BCUT2D eigenvalue weighted by Gasteiger charge is 2.15. The molecule has 0 aliphatic heterocycles. The number of aliphatic hydroxyl groups excluding tert-OH is 1. The van der Waals surface area contributed by atoms with Crippen molar-refractivity contribution in [1.82, 2.24) is 4.57 Å². The van der Waals surface area contributed by atoms with Gasteiger partial charge in [-0.3, -0.25) is 0 Å². The summed E-state index contributed by atoms with van der Waals surface area (Å²) in [6.07, 6.45) is -0.637. The number of halogens is 2. The fourth-order valence-electron chi connectivity index (χ4n) is 3.69. The largest absolute Gasteiger partial charge is 0.497 e. The molecule has 0 aliphatic carbocycles. The van der Waals surface area contributed by atoms with Gasteiger partial charge in [-0.1, -0.05) is 23.2 Å². The van der Waals surface area contributed by atoms with Gasteiger partial charge in [0.25, 0.3) is 0 Å². The minimum absolute atomic E-state index is 0.352. The molecule has 7 heteroatoms. The van der Waals surface area contributed by atoms with Gasteiger partial charge >= 0.3 is 0 Å². The van der Waals surface area contributed by atoms with Gasteiger partial charge < -0.3 is 24.5 Å². The van der Waals surface area contributed by atoms with Gasteiger partial charge in [0.05, 0.1) is 32.6 Å². The maximum Gasteiger partial charge on any atom is 0.145 e. The van der Waals surface area contributed by atoms with E-state index in [4.69, 9.17) is 32.7 Å². The minimum atomic E-state index is -0.637. The van der Waals surface area contributed by atoms with Crippen LogP contribution in [0.5, 0.6) is 11.5 Å². The number of hydrogen-bond donors (Lipinski definition) is 2. The number of aromatic nitrogens is 1. The molecule has 0 aliphatic rings. The van der Waals surface area contributed by atoms with Crippen LogP contribution in [0.15, 0.2) is 54.6 Å². The second-order valence-corrected chi connectivity index (χ2v) is 7.91. The normalized spacial score (nSPS) is 12.3. The highest BCUT2D eigenvalue weighted by atomic mass is 35.5. The topological polar surface area (TPSA) is 55.6 Å². The number of anilines is 1. The van der Waals surface area contributed by atoms with Crippen LogP contribution in [-0.4, -0.2) is 36.5 Å². The van der Waals surface area contributed by atoms with E-state index in [0.717, 1.165) is 27.5 Å². The molecule has 0 spiro atoms. The van der Waals surface area contributed by atoms with Crippen molar-refractivity contribution in [3.05, 3.63) is 64.6 Å². The predicted octanol–water partition coefficient (Wildman–Crippen LogP) is 5.59. The lowest BCUT2D eigenvalue weighted by atomic mass is 10.1. The number of ether oxygens (including phenoxy) is 2. The average molecular weight is 445 g/mol. The molecule has 0 amide bonds. The first-order valence-electron chi connectivity index (χ1n) is 9.51. The summed E-state index contributed by atoms with van der Waals surface area (Å²) in [7, 11) is 3.21. The van der Waals surface area contributed by atoms with Gasteiger partial charge in [-0.15, -0.1) is 0 Å². The Morgan fingerprint density at radius 3 is 2.10 bits per heavy atom. The fourth-order valence-corrected chi connectivity index (χ4v) is 4.04. The third-order valence-corrected chi connectivity index (χ3v) is 5.59. The first kappa shape index (κ1) is 20.7. The number of methoxy groups -OCH3 is 2. The molecule has 0 bridgehead atoms. The number of nitrogens with one attached hydrogen (secondary N) is 1. The van der Waals surface area contributed by atoms with Crippen molar-refractivity contribution >= 4 is 50.7 Å². The maximum absolute atomic E-state index is 10.8. The Kier molecular flexibility index (Phi) is 5.95. The van der Waals surface area contributed by atoms with E-state index in [1.165, 1.54) is 0 Å². The van der Waals surface area contributed by atoms with Crippen LogP contribution in [0.1, 0.15) is 0 Å². The molecule has 1 atom stereocenters. The molecule has 1 aromatic heterocycles. The van der Waals surface area contributed by atoms with Gasteiger partial charge in [-0.05, 0) is 48.5 Å². The van der Waals surface area contributed by atoms with Crippen molar-refractivity contribution in [2.75, 3.05) is 26.1 Å². The van der Waals surface area contributed by atoms with Crippen LogP contribution in [0, 0.1) is 0 Å². The van der Waals surface area contributed by atoms with E-state index in [1.54, 1.807) is 20.3 Å². The molecule has 0 fully saturated rings. The summed E-state index contributed by atoms with van der Waals surface area (Å²) in [5, 5.41) is 17.4. The molecule has 3 aromatic carbocycles. The van der Waals surface area contributed by atoms with Gasteiger partial charge in [-0.2, -0.15) is 0 Å². The van der Waals surface area contributed by atoms with Gasteiger partial charge in [-0.25, -0.2) is 0 Å². The Labute approximate surface area is 184 Å². The zero-order chi connectivity index (χ0) is 21.3. The number of benzene rings is 3. The number of nitrogens with zero attached hydrogens (tertiary/aromatic N) is 1. The van der Waals surface area contributed by atoms with Crippen molar-refractivity contribution in [3.63, 3.8) is 0 Å². The van der Waals surface area contributed by atoms with Crippen LogP contribution in [-0.2, 0) is 6.54 Å². The van der Waals surface area contributed by atoms with Crippen molar-refractivity contribution in [1.29, 1.82) is 0 Å². The Balaban J connectivity index is 1.59. The highest BCUT2D eigenvalue weighted by molar-refractivity contribution is 6.33. The van der Waals surface area contributed by atoms with Gasteiger partial charge in [0.2, 0.25) is 0 Å². The monoisotopic (exact) mass is 444 g/mol. The summed E-state index contributed by atoms with van der Waals surface area (Å²) in [6.45, 7) is 0.764. The lowest BCUT2D eigenvalue weighted by Crippen LogP contribution is -2.25. The van der Waals surface area contributed by atoms with Crippen LogP contribution in [0.3, 0.4) is 0 Å². The van der Waals surface area contributed by atoms with E-state index in [2.05, 4.69) is 9.88 Å². The standard InChI is InChI=1S/C23H22Cl2N2O3/c1-29-17-5-6-20(23(11-17)30-2)26-12-16(28)13-27-21-7-3-14(24)9-18(21)19-10-15(25)4-8-22(19)27/h3-11,16,26,28H,12-13H2,1-2H3/t16-/m0/s1. The van der Waals surface area contributed by atoms with Crippen LogP contribution in [0.4, 0.5) is 5.69 Å². The first-order chi connectivity index (χ1) is 14.5. The van der Waals surface area contributed by atoms with Crippen molar-refractivity contribution in [3.8, 4) is 11.5 Å². The predicted molar refractivity (Wildman–Crippen MR) is 124 cm³/mol.